The van der Waals surface area contributed by atoms with Crippen LogP contribution in [0, 0.1) is 0 Å². The van der Waals surface area contributed by atoms with Crippen molar-refractivity contribution in [2.45, 2.75) is 25.3 Å². The van der Waals surface area contributed by atoms with E-state index in [9.17, 15) is 8.42 Å². The summed E-state index contributed by atoms with van der Waals surface area (Å²) in [6.07, 6.45) is 7.27. The average Bonchev–Trinajstić information content (AvgIpc) is 3.04. The van der Waals surface area contributed by atoms with Gasteiger partial charge in [-0.05, 0) is 25.0 Å². The molecule has 1 aliphatic heterocycles. The lowest BCUT2D eigenvalue weighted by Crippen LogP contribution is -2.45. The summed E-state index contributed by atoms with van der Waals surface area (Å²) in [7, 11) is -0.238. The molecule has 0 bridgehead atoms. The molecule has 3 heterocycles. The molecule has 0 amide bonds. The predicted molar refractivity (Wildman–Crippen MR) is 91.7 cm³/mol. The molecule has 1 fully saturated rings. The van der Waals surface area contributed by atoms with Gasteiger partial charge >= 0.3 is 0 Å². The maximum atomic E-state index is 12.4. The van der Waals surface area contributed by atoms with E-state index in [2.05, 4.69) is 14.5 Å². The van der Waals surface area contributed by atoms with Crippen LogP contribution in [0.5, 0.6) is 0 Å². The molecule has 0 aliphatic carbocycles. The third kappa shape index (κ3) is 3.50. The third-order valence-corrected chi connectivity index (χ3v) is 6.25. The maximum Gasteiger partial charge on any atom is 0.281 e. The van der Waals surface area contributed by atoms with Crippen LogP contribution in [-0.4, -0.2) is 58.7 Å². The van der Waals surface area contributed by atoms with E-state index in [1.165, 1.54) is 4.31 Å². The zero-order chi connectivity index (χ0) is 17.2. The smallest absolute Gasteiger partial charge is 0.281 e. The molecule has 1 aliphatic rings. The van der Waals surface area contributed by atoms with Gasteiger partial charge in [-0.15, -0.1) is 0 Å². The molecule has 0 aromatic carbocycles. The summed E-state index contributed by atoms with van der Waals surface area (Å²) >= 11 is 0. The van der Waals surface area contributed by atoms with E-state index in [4.69, 9.17) is 0 Å². The zero-order valence-corrected chi connectivity index (χ0v) is 14.9. The minimum absolute atomic E-state index is 0.104. The number of hydrogen-bond donors (Lipinski definition) is 0. The number of piperidine rings is 1. The first kappa shape index (κ1) is 17.1. The summed E-state index contributed by atoms with van der Waals surface area (Å²) in [5.41, 5.74) is 0.963. The van der Waals surface area contributed by atoms with E-state index < -0.39 is 10.2 Å². The largest absolute Gasteiger partial charge is 0.329 e. The Morgan fingerprint density at radius 1 is 1.25 bits per heavy atom. The van der Waals surface area contributed by atoms with Gasteiger partial charge in [-0.3, -0.25) is 4.98 Å². The molecule has 24 heavy (non-hydrogen) atoms. The van der Waals surface area contributed by atoms with Gasteiger partial charge in [0.1, 0.15) is 5.82 Å². The van der Waals surface area contributed by atoms with Crippen molar-refractivity contribution in [1.82, 2.24) is 23.1 Å². The summed E-state index contributed by atoms with van der Waals surface area (Å²) in [6.45, 7) is 1.69. The second-order valence-electron chi connectivity index (χ2n) is 6.22. The molecule has 0 N–H and O–H groups in total. The third-order valence-electron chi connectivity index (χ3n) is 4.34. The first-order valence-corrected chi connectivity index (χ1v) is 9.46. The van der Waals surface area contributed by atoms with Gasteiger partial charge in [0.15, 0.2) is 0 Å². The van der Waals surface area contributed by atoms with E-state index in [1.54, 1.807) is 30.8 Å². The Balaban J connectivity index is 1.79. The lowest BCUT2D eigenvalue weighted by molar-refractivity contribution is 0.290. The van der Waals surface area contributed by atoms with Crippen molar-refractivity contribution in [3.63, 3.8) is 0 Å². The number of aromatic nitrogens is 3. The normalized spacial score (nSPS) is 19.7. The molecule has 0 spiro atoms. The highest BCUT2D eigenvalue weighted by atomic mass is 32.2. The van der Waals surface area contributed by atoms with E-state index in [1.807, 2.05) is 24.4 Å². The summed E-state index contributed by atoms with van der Waals surface area (Å²) < 4.78 is 29.7. The molecule has 2 aromatic rings. The summed E-state index contributed by atoms with van der Waals surface area (Å²) in [6, 6.07) is 5.84. The summed E-state index contributed by atoms with van der Waals surface area (Å²) in [4.78, 5) is 8.85. The lowest BCUT2D eigenvalue weighted by Gasteiger charge is -2.33. The van der Waals surface area contributed by atoms with Crippen molar-refractivity contribution in [3.05, 3.63) is 48.3 Å². The molecule has 0 unspecified atom stereocenters. The van der Waals surface area contributed by atoms with Crippen LogP contribution in [0.4, 0.5) is 0 Å². The Morgan fingerprint density at radius 2 is 2.08 bits per heavy atom. The molecule has 2 aromatic heterocycles. The fourth-order valence-corrected chi connectivity index (χ4v) is 4.26. The van der Waals surface area contributed by atoms with Gasteiger partial charge in [0, 0.05) is 51.7 Å². The van der Waals surface area contributed by atoms with Crippen LogP contribution in [0.1, 0.15) is 30.3 Å². The van der Waals surface area contributed by atoms with E-state index in [-0.39, 0.29) is 5.92 Å². The highest BCUT2D eigenvalue weighted by Gasteiger charge is 2.32. The van der Waals surface area contributed by atoms with Gasteiger partial charge in [0.25, 0.3) is 10.2 Å². The zero-order valence-electron chi connectivity index (χ0n) is 14.0. The van der Waals surface area contributed by atoms with Gasteiger partial charge in [-0.2, -0.15) is 17.0 Å². The Morgan fingerprint density at radius 3 is 2.79 bits per heavy atom. The van der Waals surface area contributed by atoms with Crippen molar-refractivity contribution in [2.75, 3.05) is 27.2 Å². The molecule has 0 saturated carbocycles. The van der Waals surface area contributed by atoms with E-state index >= 15 is 0 Å². The van der Waals surface area contributed by atoms with Crippen molar-refractivity contribution in [1.29, 1.82) is 0 Å². The highest BCUT2D eigenvalue weighted by Crippen LogP contribution is 2.28. The van der Waals surface area contributed by atoms with Gasteiger partial charge < -0.3 is 4.57 Å². The number of pyridine rings is 1. The number of nitrogens with zero attached hydrogens (tertiary/aromatic N) is 5. The quantitative estimate of drug-likeness (QED) is 0.816. The number of imidazole rings is 1. The fraction of sp³-hybridized carbons (Fsp3) is 0.500. The molecule has 3 rings (SSSR count). The molecule has 7 nitrogen and oxygen atoms in total. The minimum atomic E-state index is -3.38. The second-order valence-corrected chi connectivity index (χ2v) is 8.36. The van der Waals surface area contributed by atoms with Crippen LogP contribution >= 0.6 is 0 Å². The van der Waals surface area contributed by atoms with Crippen LogP contribution in [0.25, 0.3) is 0 Å². The Labute approximate surface area is 143 Å². The predicted octanol–water partition coefficient (Wildman–Crippen LogP) is 1.31. The van der Waals surface area contributed by atoms with Crippen molar-refractivity contribution < 1.29 is 8.42 Å². The van der Waals surface area contributed by atoms with Crippen molar-refractivity contribution in [2.24, 2.45) is 0 Å². The molecule has 0 radical (unpaired) electrons. The van der Waals surface area contributed by atoms with Gasteiger partial charge in [-0.25, -0.2) is 4.98 Å². The minimum Gasteiger partial charge on any atom is -0.329 e. The van der Waals surface area contributed by atoms with Crippen LogP contribution in [0.3, 0.4) is 0 Å². The Kier molecular flexibility index (Phi) is 4.98. The Hall–Kier alpha value is -1.77. The second kappa shape index (κ2) is 7.00. The van der Waals surface area contributed by atoms with Crippen molar-refractivity contribution in [3.8, 4) is 0 Å². The first-order chi connectivity index (χ1) is 11.5. The highest BCUT2D eigenvalue weighted by molar-refractivity contribution is 7.86. The lowest BCUT2D eigenvalue weighted by atomic mass is 9.99. The molecule has 8 heteroatoms. The van der Waals surface area contributed by atoms with Crippen LogP contribution in [0.2, 0.25) is 0 Å². The molecular weight excluding hydrogens is 326 g/mol. The van der Waals surface area contributed by atoms with Crippen molar-refractivity contribution >= 4 is 10.2 Å². The molecule has 1 atom stereocenters. The molecular formula is C16H23N5O2S. The number of hydrogen-bond acceptors (Lipinski definition) is 4. The van der Waals surface area contributed by atoms with Gasteiger partial charge in [0.2, 0.25) is 0 Å². The molecule has 130 valence electrons. The maximum absolute atomic E-state index is 12.4. The first-order valence-electron chi connectivity index (χ1n) is 8.07. The fourth-order valence-electron chi connectivity index (χ4n) is 3.07. The van der Waals surface area contributed by atoms with E-state index in [0.29, 0.717) is 19.6 Å². The summed E-state index contributed by atoms with van der Waals surface area (Å²) in [5.74, 6) is 1.03. The average molecular weight is 349 g/mol. The van der Waals surface area contributed by atoms with Crippen LogP contribution in [-0.2, 0) is 16.8 Å². The molecule has 1 saturated heterocycles. The number of rotatable bonds is 5. The Bertz CT molecular complexity index is 773. The van der Waals surface area contributed by atoms with E-state index in [0.717, 1.165) is 24.4 Å². The van der Waals surface area contributed by atoms with Crippen LogP contribution < -0.4 is 0 Å². The van der Waals surface area contributed by atoms with Gasteiger partial charge in [0.05, 0.1) is 12.2 Å². The monoisotopic (exact) mass is 349 g/mol. The standard InChI is InChI=1S/C16H23N5O2S/c1-19(2)24(22,23)21-10-5-6-14(12-21)16-18-9-11-20(16)13-15-7-3-4-8-17-15/h3-4,7-9,11,14H,5-6,10,12-13H2,1-2H3/t14-/m0/s1. The van der Waals surface area contributed by atoms with Gasteiger partial charge in [-0.1, -0.05) is 6.07 Å². The topological polar surface area (TPSA) is 71.3 Å². The summed E-state index contributed by atoms with van der Waals surface area (Å²) in [5, 5.41) is 0. The SMILES string of the molecule is CN(C)S(=O)(=O)N1CCC[C@H](c2nccn2Cc2ccccn2)C1. The van der Waals surface area contributed by atoms with Crippen LogP contribution in [0.15, 0.2) is 36.8 Å².